The fourth-order valence-corrected chi connectivity index (χ4v) is 6.23. The van der Waals surface area contributed by atoms with Gasteiger partial charge in [0.2, 0.25) is 0 Å². The SMILES string of the molecule is O=C(O)CCSCc1cccc(C(O)Nc2ccc(N3CCCCC3)cc2-c2cc(NC(=O)c3cccc(C(F)(F)F)c3)ccn2)c1. The number of amides is 1. The van der Waals surface area contributed by atoms with Crippen molar-refractivity contribution < 1.29 is 33.0 Å². The number of carbonyl (C=O) groups excluding carboxylic acids is 1. The van der Waals surface area contributed by atoms with Gasteiger partial charge in [-0.1, -0.05) is 30.3 Å². The molecule has 1 aliphatic rings. The Morgan fingerprint density at radius 2 is 1.74 bits per heavy atom. The summed E-state index contributed by atoms with van der Waals surface area (Å²) >= 11 is 1.50. The summed E-state index contributed by atoms with van der Waals surface area (Å²) in [5.41, 5.74) is 3.62. The van der Waals surface area contributed by atoms with Gasteiger partial charge in [0.25, 0.3) is 5.91 Å². The number of nitrogens with one attached hydrogen (secondary N) is 2. The van der Waals surface area contributed by atoms with Gasteiger partial charge in [0.1, 0.15) is 0 Å². The van der Waals surface area contributed by atoms with E-state index in [1.807, 2.05) is 36.4 Å². The summed E-state index contributed by atoms with van der Waals surface area (Å²) in [5.74, 6) is -0.442. The fraction of sp³-hybridized carbons (Fsp3) is 0.286. The van der Waals surface area contributed by atoms with Crippen molar-refractivity contribution in [2.75, 3.05) is 34.4 Å². The maximum absolute atomic E-state index is 13.2. The molecule has 1 saturated heterocycles. The van der Waals surface area contributed by atoms with E-state index in [4.69, 9.17) is 5.11 Å². The van der Waals surface area contributed by atoms with E-state index < -0.39 is 29.8 Å². The molecule has 1 atom stereocenters. The van der Waals surface area contributed by atoms with Crippen LogP contribution in [-0.4, -0.2) is 45.9 Å². The molecule has 246 valence electrons. The molecule has 1 aromatic heterocycles. The van der Waals surface area contributed by atoms with E-state index in [1.54, 1.807) is 18.2 Å². The van der Waals surface area contributed by atoms with Gasteiger partial charge in [0.05, 0.1) is 17.7 Å². The van der Waals surface area contributed by atoms with Gasteiger partial charge in [-0.15, -0.1) is 0 Å². The predicted molar refractivity (Wildman–Crippen MR) is 179 cm³/mol. The molecule has 1 amide bonds. The number of hydrogen-bond acceptors (Lipinski definition) is 7. The number of benzene rings is 3. The van der Waals surface area contributed by atoms with E-state index in [2.05, 4.69) is 20.5 Å². The summed E-state index contributed by atoms with van der Waals surface area (Å²) in [6.45, 7) is 1.82. The Kier molecular flexibility index (Phi) is 11.0. The zero-order chi connectivity index (χ0) is 33.4. The number of carboxylic acid groups (broad SMARTS) is 1. The Balaban J connectivity index is 1.40. The normalized spacial score (nSPS) is 14.0. The third-order valence-corrected chi connectivity index (χ3v) is 8.79. The van der Waals surface area contributed by atoms with E-state index in [-0.39, 0.29) is 12.0 Å². The highest BCUT2D eigenvalue weighted by Gasteiger charge is 2.31. The van der Waals surface area contributed by atoms with Crippen molar-refractivity contribution in [2.24, 2.45) is 0 Å². The molecule has 1 aliphatic heterocycles. The summed E-state index contributed by atoms with van der Waals surface area (Å²) in [5, 5.41) is 26.0. The molecule has 0 spiro atoms. The Morgan fingerprint density at radius 3 is 2.51 bits per heavy atom. The molecule has 2 heterocycles. The Bertz CT molecular complexity index is 1710. The first-order valence-electron chi connectivity index (χ1n) is 15.2. The van der Waals surface area contributed by atoms with E-state index in [0.717, 1.165) is 49.3 Å². The number of rotatable bonds is 12. The molecule has 0 aliphatic carbocycles. The smallest absolute Gasteiger partial charge is 0.416 e. The molecule has 5 rings (SSSR count). The number of aliphatic hydroxyl groups is 1. The number of anilines is 3. The number of carboxylic acids is 1. The molecule has 0 bridgehead atoms. The van der Waals surface area contributed by atoms with Crippen molar-refractivity contribution in [2.45, 2.75) is 43.8 Å². The highest BCUT2D eigenvalue weighted by atomic mass is 32.2. The molecule has 4 aromatic rings. The topological polar surface area (TPSA) is 115 Å². The van der Waals surface area contributed by atoms with Crippen molar-refractivity contribution in [3.8, 4) is 11.3 Å². The summed E-state index contributed by atoms with van der Waals surface area (Å²) in [4.78, 5) is 30.6. The molecule has 47 heavy (non-hydrogen) atoms. The summed E-state index contributed by atoms with van der Waals surface area (Å²) in [6, 6.07) is 20.7. The van der Waals surface area contributed by atoms with Gasteiger partial charge in [-0.3, -0.25) is 14.6 Å². The van der Waals surface area contributed by atoms with Crippen LogP contribution in [0, 0.1) is 0 Å². The zero-order valence-electron chi connectivity index (χ0n) is 25.5. The number of aliphatic hydroxyl groups excluding tert-OH is 1. The van der Waals surface area contributed by atoms with Gasteiger partial charge in [0, 0.05) is 64.5 Å². The first kappa shape index (κ1) is 33.8. The van der Waals surface area contributed by atoms with E-state index in [0.29, 0.717) is 39.7 Å². The number of aromatic nitrogens is 1. The number of thioether (sulfide) groups is 1. The van der Waals surface area contributed by atoms with Crippen LogP contribution in [-0.2, 0) is 16.7 Å². The van der Waals surface area contributed by atoms with Crippen LogP contribution in [0.15, 0.2) is 85.1 Å². The lowest BCUT2D eigenvalue weighted by atomic mass is 10.0. The third kappa shape index (κ3) is 9.26. The van der Waals surface area contributed by atoms with Crippen LogP contribution in [0.2, 0.25) is 0 Å². The zero-order valence-corrected chi connectivity index (χ0v) is 26.3. The number of aliphatic carboxylic acids is 1. The summed E-state index contributed by atoms with van der Waals surface area (Å²) in [7, 11) is 0. The fourth-order valence-electron chi connectivity index (χ4n) is 5.35. The monoisotopic (exact) mass is 664 g/mol. The molecule has 0 saturated carbocycles. The van der Waals surface area contributed by atoms with Gasteiger partial charge < -0.3 is 25.7 Å². The number of halogens is 3. The third-order valence-electron chi connectivity index (χ3n) is 7.76. The van der Waals surface area contributed by atoms with Crippen LogP contribution in [0.5, 0.6) is 0 Å². The quantitative estimate of drug-likeness (QED) is 0.0896. The minimum atomic E-state index is -4.57. The highest BCUT2D eigenvalue weighted by molar-refractivity contribution is 7.98. The number of pyridine rings is 1. The maximum Gasteiger partial charge on any atom is 0.416 e. The van der Waals surface area contributed by atoms with Crippen molar-refractivity contribution >= 4 is 40.7 Å². The Morgan fingerprint density at radius 1 is 0.957 bits per heavy atom. The van der Waals surface area contributed by atoms with Crippen molar-refractivity contribution in [3.63, 3.8) is 0 Å². The van der Waals surface area contributed by atoms with Gasteiger partial charge in [-0.25, -0.2) is 0 Å². The van der Waals surface area contributed by atoms with Crippen LogP contribution in [0.1, 0.15) is 59.0 Å². The van der Waals surface area contributed by atoms with Crippen molar-refractivity contribution in [1.29, 1.82) is 0 Å². The van der Waals surface area contributed by atoms with Crippen molar-refractivity contribution in [1.82, 2.24) is 4.98 Å². The second-order valence-corrected chi connectivity index (χ2v) is 12.3. The first-order chi connectivity index (χ1) is 22.6. The molecular formula is C35H35F3N4O4S. The number of nitrogens with zero attached hydrogens (tertiary/aromatic N) is 2. The molecule has 3 aromatic carbocycles. The van der Waals surface area contributed by atoms with Gasteiger partial charge in [0.15, 0.2) is 6.23 Å². The largest absolute Gasteiger partial charge is 0.481 e. The molecule has 8 nitrogen and oxygen atoms in total. The van der Waals surface area contributed by atoms with Gasteiger partial charge >= 0.3 is 12.1 Å². The Hall–Kier alpha value is -4.55. The molecule has 1 unspecified atom stereocenters. The maximum atomic E-state index is 13.2. The van der Waals surface area contributed by atoms with Crippen molar-refractivity contribution in [3.05, 3.63) is 107 Å². The summed E-state index contributed by atoms with van der Waals surface area (Å²) in [6.07, 6.45) is -0.743. The van der Waals surface area contributed by atoms with Gasteiger partial charge in [-0.05, 0) is 73.4 Å². The lowest BCUT2D eigenvalue weighted by Crippen LogP contribution is -2.29. The average Bonchev–Trinajstić information content (AvgIpc) is 3.07. The minimum Gasteiger partial charge on any atom is -0.481 e. The molecule has 4 N–H and O–H groups in total. The molecule has 12 heteroatoms. The van der Waals surface area contributed by atoms with E-state index in [1.165, 1.54) is 36.5 Å². The average molecular weight is 665 g/mol. The van der Waals surface area contributed by atoms with E-state index in [9.17, 15) is 27.9 Å². The number of carbonyl (C=O) groups is 2. The summed E-state index contributed by atoms with van der Waals surface area (Å²) < 4.78 is 39.7. The van der Waals surface area contributed by atoms with Crippen LogP contribution < -0.4 is 15.5 Å². The first-order valence-corrected chi connectivity index (χ1v) is 16.4. The van der Waals surface area contributed by atoms with Crippen LogP contribution in [0.4, 0.5) is 30.2 Å². The Labute approximate surface area is 275 Å². The predicted octanol–water partition coefficient (Wildman–Crippen LogP) is 7.82. The van der Waals surface area contributed by atoms with Crippen LogP contribution in [0.25, 0.3) is 11.3 Å². The number of hydrogen-bond donors (Lipinski definition) is 4. The number of piperidine rings is 1. The molecular weight excluding hydrogens is 629 g/mol. The lowest BCUT2D eigenvalue weighted by molar-refractivity contribution is -0.138. The standard InChI is InChI=1S/C35H35F3N4O4S/c36-35(37,38)26-9-5-8-25(19-26)33(45)40-27-12-14-39-31(20-27)29-21-28(42-15-2-1-3-16-42)10-11-30(29)41-34(46)24-7-4-6-23(18-24)22-47-17-13-32(43)44/h4-12,14,18-21,34,41,46H,1-3,13,15-17,22H2,(H,43,44)(H,39,40,45). The van der Waals surface area contributed by atoms with Crippen LogP contribution in [0.3, 0.4) is 0 Å². The molecule has 0 radical (unpaired) electrons. The minimum absolute atomic E-state index is 0.0783. The second-order valence-electron chi connectivity index (χ2n) is 11.2. The van der Waals surface area contributed by atoms with Gasteiger partial charge in [-0.2, -0.15) is 24.9 Å². The van der Waals surface area contributed by atoms with Crippen LogP contribution >= 0.6 is 11.8 Å². The highest BCUT2D eigenvalue weighted by Crippen LogP contribution is 2.35. The lowest BCUT2D eigenvalue weighted by Gasteiger charge is -2.30. The second kappa shape index (κ2) is 15.4. The number of alkyl halides is 3. The van der Waals surface area contributed by atoms with E-state index >= 15 is 0 Å². The molecule has 1 fully saturated rings.